The Morgan fingerprint density at radius 1 is 0.800 bits per heavy atom. The van der Waals surface area contributed by atoms with E-state index in [0.29, 0.717) is 45.2 Å². The molecule has 274 valence electrons. The van der Waals surface area contributed by atoms with Crippen molar-refractivity contribution in [1.29, 1.82) is 5.26 Å². The van der Waals surface area contributed by atoms with Gasteiger partial charge in [-0.15, -0.1) is 17.0 Å². The van der Waals surface area contributed by atoms with Crippen LogP contribution in [0.5, 0.6) is 0 Å². The van der Waals surface area contributed by atoms with Crippen LogP contribution in [0.2, 0.25) is 0 Å². The zero-order valence-electron chi connectivity index (χ0n) is 28.6. The van der Waals surface area contributed by atoms with Crippen LogP contribution in [-0.2, 0) is 0 Å². The number of carbonyl (C=O) groups is 2. The lowest BCUT2D eigenvalue weighted by Crippen LogP contribution is -2.08. The maximum absolute atomic E-state index is 11.4. The third kappa shape index (κ3) is 12.5. The molecule has 0 bridgehead atoms. The lowest BCUT2D eigenvalue weighted by atomic mass is 10.1. The number of anilines is 2. The van der Waals surface area contributed by atoms with Gasteiger partial charge in [-0.05, 0) is 60.7 Å². The second-order valence-electron chi connectivity index (χ2n) is 10.5. The lowest BCUT2D eigenvalue weighted by Gasteiger charge is -1.97. The van der Waals surface area contributed by atoms with Crippen LogP contribution in [0.1, 0.15) is 27.1 Å². The molecule has 17 heteroatoms. The number of aromatic nitrogens is 6. The molecular weight excluding hydrogens is 834 g/mol. The number of Topliss-reactive ketones (excluding diaryl/α,β-unsaturated/α-hetero) is 2. The number of rotatable bonds is 7. The van der Waals surface area contributed by atoms with E-state index in [0.717, 1.165) is 16.5 Å². The number of pyridine rings is 4. The van der Waals surface area contributed by atoms with E-state index in [1.54, 1.807) is 85.8 Å². The number of nitrogens with two attached hydrogens (primary N) is 2. The Balaban J connectivity index is 0.000000198. The predicted molar refractivity (Wildman–Crippen MR) is 214 cm³/mol. The Bertz CT molecular complexity index is 2400. The van der Waals surface area contributed by atoms with Gasteiger partial charge in [-0.25, -0.2) is 21.4 Å². The number of carbonyl (C=O) groups excluding carboxylic acids is 2. The van der Waals surface area contributed by atoms with Crippen LogP contribution >= 0.6 is 32.9 Å². The summed E-state index contributed by atoms with van der Waals surface area (Å²) in [6.45, 7) is 13.5. The van der Waals surface area contributed by atoms with Crippen LogP contribution in [0, 0.1) is 24.5 Å². The van der Waals surface area contributed by atoms with Crippen molar-refractivity contribution in [2.75, 3.05) is 16.8 Å². The number of hydrogen-bond donors (Lipinski definition) is 2. The minimum absolute atomic E-state index is 0. The summed E-state index contributed by atoms with van der Waals surface area (Å²) < 4.78 is 10.8. The first-order valence-corrected chi connectivity index (χ1v) is 16.7. The van der Waals surface area contributed by atoms with Crippen LogP contribution < -0.4 is 11.5 Å². The van der Waals surface area contributed by atoms with Crippen molar-refractivity contribution in [3.8, 4) is 28.7 Å². The summed E-state index contributed by atoms with van der Waals surface area (Å²) in [6.07, 6.45) is 14.3. The highest BCUT2D eigenvalue weighted by atomic mass is 79.9. The number of nitrogens with zero attached hydrogens (tertiary/aromatic N) is 9. The van der Waals surface area contributed by atoms with Crippen molar-refractivity contribution in [2.45, 2.75) is 12.5 Å². The van der Waals surface area contributed by atoms with Gasteiger partial charge in [-0.3, -0.25) is 34.4 Å². The van der Waals surface area contributed by atoms with Gasteiger partial charge in [-0.2, -0.15) is 5.26 Å². The van der Waals surface area contributed by atoms with Gasteiger partial charge >= 0.3 is 6.04 Å². The number of ketones is 2. The molecule has 0 aliphatic carbocycles. The van der Waals surface area contributed by atoms with Crippen molar-refractivity contribution in [2.24, 2.45) is 0 Å². The van der Waals surface area contributed by atoms with Crippen LogP contribution in [-0.4, -0.2) is 52.8 Å². The van der Waals surface area contributed by atoms with Crippen LogP contribution in [0.3, 0.4) is 0 Å². The van der Waals surface area contributed by atoms with Gasteiger partial charge in [0.05, 0.1) is 17.3 Å². The van der Waals surface area contributed by atoms with Crippen molar-refractivity contribution in [3.63, 3.8) is 0 Å². The largest absolute Gasteiger partial charge is 0.452 e. The van der Waals surface area contributed by atoms with E-state index >= 15 is 0 Å². The molecule has 0 amide bonds. The van der Waals surface area contributed by atoms with E-state index in [4.69, 9.17) is 38.7 Å². The summed E-state index contributed by atoms with van der Waals surface area (Å²) in [7, 11) is 0. The molecule has 7 heterocycles. The van der Waals surface area contributed by atoms with E-state index in [1.165, 1.54) is 12.5 Å². The second kappa shape index (κ2) is 22.1. The van der Waals surface area contributed by atoms with E-state index in [-0.39, 0.29) is 40.9 Å². The third-order valence-corrected chi connectivity index (χ3v) is 7.39. The lowest BCUT2D eigenvalue weighted by molar-refractivity contribution is 0.0980. The molecule has 0 saturated carbocycles. The Morgan fingerprint density at radius 3 is 1.78 bits per heavy atom. The third-order valence-electron chi connectivity index (χ3n) is 6.88. The number of furan rings is 2. The number of nitrogen functional groups attached to an aromatic ring is 2. The van der Waals surface area contributed by atoms with Gasteiger partial charge in [0.15, 0.2) is 23.5 Å². The molecule has 15 nitrogen and oxygen atoms in total. The zero-order chi connectivity index (χ0) is 38.7. The molecule has 1 atom stereocenters. The van der Waals surface area contributed by atoms with E-state index in [2.05, 4.69) is 55.5 Å². The summed E-state index contributed by atoms with van der Waals surface area (Å²) in [4.78, 5) is 52.1. The minimum atomic E-state index is -0.886. The Morgan fingerprint density at radius 2 is 1.35 bits per heavy atom. The summed E-state index contributed by atoms with van der Waals surface area (Å²) >= 11 is 3.07. The fraction of sp³-hybridized carbons (Fsp3) is 0.0789. The predicted octanol–water partition coefficient (Wildman–Crippen LogP) is 8.04. The van der Waals surface area contributed by atoms with Gasteiger partial charge in [0.25, 0.3) is 0 Å². The Kier molecular flexibility index (Phi) is 17.0. The van der Waals surface area contributed by atoms with Crippen molar-refractivity contribution in [3.05, 3.63) is 151 Å². The second-order valence-corrected chi connectivity index (χ2v) is 11.0. The summed E-state index contributed by atoms with van der Waals surface area (Å²) in [5.74, 6) is 1.67. The fourth-order valence-corrected chi connectivity index (χ4v) is 4.53. The topological polar surface area (TPSA) is 222 Å². The van der Waals surface area contributed by atoms with E-state index in [9.17, 15) is 9.59 Å². The molecular formula is C38H29Br2N11O4. The molecule has 0 aliphatic rings. The fourth-order valence-electron chi connectivity index (χ4n) is 4.20. The summed E-state index contributed by atoms with van der Waals surface area (Å²) in [5.41, 5.74) is 14.8. The van der Waals surface area contributed by atoms with Crippen molar-refractivity contribution in [1.82, 2.24) is 29.9 Å². The highest BCUT2D eigenvalue weighted by Crippen LogP contribution is 2.32. The molecule has 7 aromatic heterocycles. The van der Waals surface area contributed by atoms with E-state index in [1.807, 2.05) is 24.3 Å². The molecule has 4 N–H and O–H groups in total. The normalized spacial score (nSPS) is 10.1. The molecule has 1 unspecified atom stereocenters. The van der Waals surface area contributed by atoms with Gasteiger partial charge in [0.2, 0.25) is 11.4 Å². The number of nitriles is 1. The SMILES string of the molecule is Br.Nc1ncnc2oc(-c3cccnc3)cc12.O=C(CBr)c1cccnc1.[C-]#[N+]C(C#N)CC(=O)c1cccnc1.[C-]#[N+]c1cc(-c2cccnc2)oc1N. The quantitative estimate of drug-likeness (QED) is 0.0881. The maximum atomic E-state index is 11.4. The molecule has 0 aliphatic heterocycles. The van der Waals surface area contributed by atoms with Gasteiger partial charge in [0, 0.05) is 71.8 Å². The standard InChI is InChI=1S/C11H8N4O.2C10H7N3O.C7H6BrNO.BrH/c12-10-8-4-9(7-2-1-3-13-5-7)16-11(8)15-6-14-10;1-12-8-5-9(14-10(8)11)7-3-2-4-13-6-7;1-12-9(6-11)5-10(14)8-3-2-4-13-7-8;8-4-7(10)6-2-1-3-9-5-6;/h1-6H,(H2,12,14,15);2-6H,11H2;2-4,7,9H,5H2;1-3,5H,4H2;1H. The smallest absolute Gasteiger partial charge is 0.314 e. The molecule has 7 aromatic rings. The van der Waals surface area contributed by atoms with Crippen molar-refractivity contribution < 1.29 is 18.4 Å². The minimum Gasteiger partial charge on any atom is -0.452 e. The summed E-state index contributed by atoms with van der Waals surface area (Å²) in [5, 5.41) is 9.57. The average Bonchev–Trinajstić information content (AvgIpc) is 3.86. The van der Waals surface area contributed by atoms with Crippen LogP contribution in [0.25, 0.3) is 43.4 Å². The highest BCUT2D eigenvalue weighted by molar-refractivity contribution is 9.09. The molecule has 7 rings (SSSR count). The number of halogens is 2. The average molecular weight is 864 g/mol. The van der Waals surface area contributed by atoms with Gasteiger partial charge in [0.1, 0.15) is 30.1 Å². The van der Waals surface area contributed by atoms with Gasteiger partial charge in [-0.1, -0.05) is 15.9 Å². The first-order chi connectivity index (χ1) is 26.3. The number of fused-ring (bicyclic) bond motifs is 1. The van der Waals surface area contributed by atoms with Crippen LogP contribution in [0.4, 0.5) is 17.4 Å². The highest BCUT2D eigenvalue weighted by Gasteiger charge is 2.18. The molecule has 0 spiro atoms. The summed E-state index contributed by atoms with van der Waals surface area (Å²) in [6, 6.07) is 18.5. The van der Waals surface area contributed by atoms with E-state index < -0.39 is 6.04 Å². The Hall–Kier alpha value is -7.13. The molecule has 0 radical (unpaired) electrons. The molecule has 0 aromatic carbocycles. The monoisotopic (exact) mass is 861 g/mol. The number of alkyl halides is 1. The van der Waals surface area contributed by atoms with Crippen molar-refractivity contribution >= 4 is 73.0 Å². The van der Waals surface area contributed by atoms with Crippen LogP contribution in [0.15, 0.2) is 125 Å². The Labute approximate surface area is 333 Å². The first-order valence-electron chi connectivity index (χ1n) is 15.5. The molecule has 0 fully saturated rings. The zero-order valence-corrected chi connectivity index (χ0v) is 31.9. The molecule has 55 heavy (non-hydrogen) atoms. The maximum Gasteiger partial charge on any atom is 0.314 e. The first kappa shape index (κ1) is 42.3. The molecule has 0 saturated heterocycles. The number of hydrogen-bond acceptors (Lipinski definition) is 13. The van der Waals surface area contributed by atoms with Gasteiger partial charge < -0.3 is 20.3 Å².